The van der Waals surface area contributed by atoms with E-state index in [4.69, 9.17) is 8.85 Å². The molecule has 1 unspecified atom stereocenters. The fraction of sp³-hybridized carbons (Fsp3) is 1.00. The van der Waals surface area contributed by atoms with Crippen molar-refractivity contribution in [1.82, 2.24) is 0 Å². The minimum atomic E-state index is -1.91. The molecule has 0 N–H and O–H groups in total. The Kier molecular flexibility index (Phi) is 14.8. The van der Waals surface area contributed by atoms with Crippen molar-refractivity contribution in [3.05, 3.63) is 0 Å². The molecule has 0 heterocycles. The van der Waals surface area contributed by atoms with Crippen LogP contribution in [-0.2, 0) is 8.85 Å². The van der Waals surface area contributed by atoms with Crippen molar-refractivity contribution in [2.45, 2.75) is 117 Å². The van der Waals surface area contributed by atoms with E-state index >= 15 is 0 Å². The van der Waals surface area contributed by atoms with Crippen LogP contribution >= 0.6 is 0 Å². The Hall–Kier alpha value is 0.137. The lowest BCUT2D eigenvalue weighted by Gasteiger charge is -2.27. The summed E-state index contributed by atoms with van der Waals surface area (Å²) >= 11 is 0. The van der Waals surface area contributed by atoms with Gasteiger partial charge < -0.3 is 8.85 Å². The quantitative estimate of drug-likeness (QED) is 0.228. The summed E-state index contributed by atoms with van der Waals surface area (Å²) in [5, 5.41) is 0. The zero-order chi connectivity index (χ0) is 16.7. The first-order chi connectivity index (χ1) is 10.5. The van der Waals surface area contributed by atoms with Crippen LogP contribution in [0.4, 0.5) is 0 Å². The summed E-state index contributed by atoms with van der Waals surface area (Å²) in [4.78, 5) is 0. The Labute approximate surface area is 141 Å². The van der Waals surface area contributed by atoms with Crippen LogP contribution in [0, 0.1) is 0 Å². The van der Waals surface area contributed by atoms with Gasteiger partial charge in [-0.1, -0.05) is 78.1 Å². The maximum atomic E-state index is 6.17. The van der Waals surface area contributed by atoms with Crippen LogP contribution in [0.1, 0.15) is 97.8 Å². The SMILES string of the molecule is CCCCCCCCCCO[Si](C)(C)OC(C)CCCCC. The summed E-state index contributed by atoms with van der Waals surface area (Å²) in [6.07, 6.45) is 16.2. The molecule has 0 rings (SSSR count). The van der Waals surface area contributed by atoms with E-state index in [9.17, 15) is 0 Å². The molecular formula is C19H42O2Si. The number of rotatable bonds is 16. The van der Waals surface area contributed by atoms with Crippen LogP contribution in [0.25, 0.3) is 0 Å². The molecule has 0 saturated carbocycles. The molecule has 2 nitrogen and oxygen atoms in total. The zero-order valence-electron chi connectivity index (χ0n) is 16.1. The second-order valence-corrected chi connectivity index (χ2v) is 10.5. The van der Waals surface area contributed by atoms with Crippen LogP contribution in [0.3, 0.4) is 0 Å². The Balaban J connectivity index is 3.50. The van der Waals surface area contributed by atoms with Crippen LogP contribution in [0.5, 0.6) is 0 Å². The van der Waals surface area contributed by atoms with Crippen molar-refractivity contribution < 1.29 is 8.85 Å². The monoisotopic (exact) mass is 330 g/mol. The fourth-order valence-corrected chi connectivity index (χ4v) is 4.60. The third-order valence-electron chi connectivity index (χ3n) is 4.15. The highest BCUT2D eigenvalue weighted by Gasteiger charge is 2.26. The van der Waals surface area contributed by atoms with Crippen LogP contribution < -0.4 is 0 Å². The molecule has 0 saturated heterocycles. The summed E-state index contributed by atoms with van der Waals surface area (Å²) in [5.74, 6) is 0. The lowest BCUT2D eigenvalue weighted by molar-refractivity contribution is 0.122. The summed E-state index contributed by atoms with van der Waals surface area (Å²) in [5.41, 5.74) is 0. The fourth-order valence-electron chi connectivity index (χ4n) is 2.81. The van der Waals surface area contributed by atoms with Crippen LogP contribution in [-0.4, -0.2) is 21.3 Å². The van der Waals surface area contributed by atoms with Gasteiger partial charge >= 0.3 is 8.56 Å². The molecule has 0 aromatic carbocycles. The highest BCUT2D eigenvalue weighted by molar-refractivity contribution is 6.64. The van der Waals surface area contributed by atoms with E-state index < -0.39 is 8.56 Å². The molecule has 0 bridgehead atoms. The molecular weight excluding hydrogens is 288 g/mol. The van der Waals surface area contributed by atoms with Gasteiger partial charge in [0.1, 0.15) is 0 Å². The van der Waals surface area contributed by atoms with Gasteiger partial charge in [-0.2, -0.15) is 0 Å². The van der Waals surface area contributed by atoms with Crippen molar-refractivity contribution in [3.63, 3.8) is 0 Å². The summed E-state index contributed by atoms with van der Waals surface area (Å²) < 4.78 is 12.2. The van der Waals surface area contributed by atoms with Gasteiger partial charge in [0.25, 0.3) is 0 Å². The maximum Gasteiger partial charge on any atom is 0.331 e. The Bertz CT molecular complexity index is 231. The van der Waals surface area contributed by atoms with Crippen molar-refractivity contribution in [3.8, 4) is 0 Å². The lowest BCUT2D eigenvalue weighted by atomic mass is 10.1. The Morgan fingerprint density at radius 3 is 1.82 bits per heavy atom. The molecule has 1 atom stereocenters. The third-order valence-corrected chi connectivity index (χ3v) is 6.02. The van der Waals surface area contributed by atoms with E-state index in [1.54, 1.807) is 0 Å². The molecule has 0 radical (unpaired) electrons. The zero-order valence-corrected chi connectivity index (χ0v) is 17.1. The molecule has 0 aromatic rings. The van der Waals surface area contributed by atoms with Gasteiger partial charge in [-0.25, -0.2) is 0 Å². The number of unbranched alkanes of at least 4 members (excludes halogenated alkanes) is 9. The van der Waals surface area contributed by atoms with Crippen molar-refractivity contribution in [2.75, 3.05) is 6.61 Å². The lowest BCUT2D eigenvalue weighted by Crippen LogP contribution is -2.38. The van der Waals surface area contributed by atoms with Gasteiger partial charge in [0.2, 0.25) is 0 Å². The largest absolute Gasteiger partial charge is 0.395 e. The van der Waals surface area contributed by atoms with E-state index in [2.05, 4.69) is 33.9 Å². The van der Waals surface area contributed by atoms with E-state index in [-0.39, 0.29) is 0 Å². The van der Waals surface area contributed by atoms with Gasteiger partial charge in [-0.15, -0.1) is 0 Å². The second kappa shape index (κ2) is 14.7. The second-order valence-electron chi connectivity index (χ2n) is 7.15. The first kappa shape index (κ1) is 22.1. The maximum absolute atomic E-state index is 6.17. The smallest absolute Gasteiger partial charge is 0.331 e. The minimum absolute atomic E-state index is 0.354. The highest BCUT2D eigenvalue weighted by atomic mass is 28.4. The predicted octanol–water partition coefficient (Wildman–Crippen LogP) is 6.83. The van der Waals surface area contributed by atoms with Gasteiger partial charge in [-0.3, -0.25) is 0 Å². The van der Waals surface area contributed by atoms with Crippen molar-refractivity contribution >= 4 is 8.56 Å². The molecule has 0 aromatic heterocycles. The molecule has 0 aliphatic carbocycles. The predicted molar refractivity (Wildman–Crippen MR) is 101 cm³/mol. The van der Waals surface area contributed by atoms with Gasteiger partial charge in [0.15, 0.2) is 0 Å². The topological polar surface area (TPSA) is 18.5 Å². The van der Waals surface area contributed by atoms with Gasteiger partial charge in [-0.05, 0) is 32.9 Å². The molecule has 3 heteroatoms. The number of hydrogen-bond acceptors (Lipinski definition) is 2. The standard InChI is InChI=1S/C19H42O2Si/c1-6-8-10-11-12-13-14-16-18-20-22(4,5)21-19(3)17-15-9-7-2/h19H,6-18H2,1-5H3. The van der Waals surface area contributed by atoms with Crippen LogP contribution in [0.15, 0.2) is 0 Å². The van der Waals surface area contributed by atoms with Crippen LogP contribution in [0.2, 0.25) is 13.1 Å². The number of hydrogen-bond donors (Lipinski definition) is 0. The summed E-state index contributed by atoms with van der Waals surface area (Å²) in [6, 6.07) is 0. The highest BCUT2D eigenvalue weighted by Crippen LogP contribution is 2.15. The van der Waals surface area contributed by atoms with Gasteiger partial charge in [0.05, 0.1) is 0 Å². The Morgan fingerprint density at radius 1 is 0.727 bits per heavy atom. The molecule has 0 fully saturated rings. The molecule has 134 valence electrons. The summed E-state index contributed by atoms with van der Waals surface area (Å²) in [7, 11) is -1.91. The first-order valence-electron chi connectivity index (χ1n) is 9.83. The molecule has 0 aliphatic heterocycles. The van der Waals surface area contributed by atoms with E-state index in [0.29, 0.717) is 6.10 Å². The van der Waals surface area contributed by atoms with Crippen molar-refractivity contribution in [2.24, 2.45) is 0 Å². The third kappa shape index (κ3) is 15.0. The molecule has 22 heavy (non-hydrogen) atoms. The van der Waals surface area contributed by atoms with E-state index in [1.807, 2.05) is 0 Å². The first-order valence-corrected chi connectivity index (χ1v) is 12.6. The molecule has 0 amide bonds. The average molecular weight is 331 g/mol. The average Bonchev–Trinajstić information content (AvgIpc) is 2.45. The van der Waals surface area contributed by atoms with E-state index in [1.165, 1.54) is 77.0 Å². The molecule has 0 aliphatic rings. The normalized spacial score (nSPS) is 13.5. The van der Waals surface area contributed by atoms with Gasteiger partial charge in [0, 0.05) is 12.7 Å². The summed E-state index contributed by atoms with van der Waals surface area (Å²) in [6.45, 7) is 12.0. The van der Waals surface area contributed by atoms with Crippen molar-refractivity contribution in [1.29, 1.82) is 0 Å². The van der Waals surface area contributed by atoms with E-state index in [0.717, 1.165) is 6.61 Å². The minimum Gasteiger partial charge on any atom is -0.395 e. The molecule has 0 spiro atoms. The Morgan fingerprint density at radius 2 is 1.23 bits per heavy atom.